The third-order valence-electron chi connectivity index (χ3n) is 16.4. The monoisotopic (exact) mass is 917 g/mol. The van der Waals surface area contributed by atoms with E-state index in [4.69, 9.17) is 0 Å². The van der Waals surface area contributed by atoms with Crippen LogP contribution in [0.4, 0.5) is 17.1 Å². The Morgan fingerprint density at radius 2 is 0.681 bits per heavy atom. The standard InChI is InChI=1S/C71H51N/c1-69(2)61-34-16-12-30-56(61)59-45-44-55(47-66(59)69)72(67-39-21-38-65-68(67)60-33-15-19-37-64(60)71(65,51-25-8-4-9-26-51)52-27-10-5-11-28-52)54-29-20-22-49(46-54)48-40-42-53(43-41-48)70(50-23-6-3-7-24-50)62-35-17-13-31-57(62)58-32-14-18-36-63(58)70/h3-47H,1-2H3. The molecule has 14 rings (SSSR count). The highest BCUT2D eigenvalue weighted by Crippen LogP contribution is 2.61. The fourth-order valence-corrected chi connectivity index (χ4v) is 13.4. The second-order valence-electron chi connectivity index (χ2n) is 20.3. The van der Waals surface area contributed by atoms with Gasteiger partial charge in [0.1, 0.15) is 0 Å². The molecule has 0 aromatic heterocycles. The lowest BCUT2D eigenvalue weighted by Crippen LogP contribution is -2.28. The normalized spacial score (nSPS) is 14.6. The van der Waals surface area contributed by atoms with Gasteiger partial charge in [-0.15, -0.1) is 0 Å². The van der Waals surface area contributed by atoms with Gasteiger partial charge in [-0.05, 0) is 125 Å². The Morgan fingerprint density at radius 3 is 1.26 bits per heavy atom. The van der Waals surface area contributed by atoms with Crippen LogP contribution in [0.25, 0.3) is 44.5 Å². The SMILES string of the molecule is CC1(C)c2ccccc2-c2ccc(N(c3cccc(-c4ccc(C5(c6ccccc6)c6ccccc6-c6ccccc65)cc4)c3)c3cccc4c3-c3ccccc3C4(c3ccccc3)c3ccccc3)cc21. The lowest BCUT2D eigenvalue weighted by molar-refractivity contribution is 0.660. The van der Waals surface area contributed by atoms with E-state index in [1.54, 1.807) is 0 Å². The lowest BCUT2D eigenvalue weighted by atomic mass is 9.67. The van der Waals surface area contributed by atoms with Crippen LogP contribution in [0.15, 0.2) is 273 Å². The van der Waals surface area contributed by atoms with Crippen LogP contribution in [0.2, 0.25) is 0 Å². The van der Waals surface area contributed by atoms with Gasteiger partial charge in [0.25, 0.3) is 0 Å². The number of rotatable bonds is 8. The predicted octanol–water partition coefficient (Wildman–Crippen LogP) is 17.9. The molecular weight excluding hydrogens is 867 g/mol. The molecule has 0 bridgehead atoms. The summed E-state index contributed by atoms with van der Waals surface area (Å²) in [6.45, 7) is 4.76. The molecule has 0 N–H and O–H groups in total. The molecule has 0 unspecified atom stereocenters. The average Bonchev–Trinajstić information content (AvgIpc) is 4.02. The van der Waals surface area contributed by atoms with E-state index in [1.807, 2.05) is 0 Å². The number of fused-ring (bicyclic) bond motifs is 9. The predicted molar refractivity (Wildman–Crippen MR) is 299 cm³/mol. The molecule has 0 saturated heterocycles. The Hall–Kier alpha value is -8.78. The lowest BCUT2D eigenvalue weighted by Gasteiger charge is -2.34. The van der Waals surface area contributed by atoms with Gasteiger partial charge in [-0.2, -0.15) is 0 Å². The number of hydrogen-bond donors (Lipinski definition) is 0. The third-order valence-corrected chi connectivity index (χ3v) is 16.4. The van der Waals surface area contributed by atoms with Crippen molar-refractivity contribution in [2.75, 3.05) is 4.90 Å². The van der Waals surface area contributed by atoms with Crippen molar-refractivity contribution < 1.29 is 0 Å². The van der Waals surface area contributed by atoms with E-state index in [9.17, 15) is 0 Å². The van der Waals surface area contributed by atoms with Crippen LogP contribution < -0.4 is 4.90 Å². The van der Waals surface area contributed by atoms with E-state index < -0.39 is 10.8 Å². The van der Waals surface area contributed by atoms with Crippen molar-refractivity contribution in [2.45, 2.75) is 30.1 Å². The summed E-state index contributed by atoms with van der Waals surface area (Å²) in [5.41, 5.74) is 25.3. The molecule has 340 valence electrons. The highest BCUT2D eigenvalue weighted by atomic mass is 15.1. The van der Waals surface area contributed by atoms with Gasteiger partial charge < -0.3 is 4.90 Å². The summed E-state index contributed by atoms with van der Waals surface area (Å²) < 4.78 is 0. The van der Waals surface area contributed by atoms with E-state index >= 15 is 0 Å². The minimum absolute atomic E-state index is 0.171. The number of benzene rings is 11. The summed E-state index contributed by atoms with van der Waals surface area (Å²) >= 11 is 0. The second-order valence-corrected chi connectivity index (χ2v) is 20.3. The highest BCUT2D eigenvalue weighted by Gasteiger charge is 2.48. The number of hydrogen-bond acceptors (Lipinski definition) is 1. The molecule has 3 aliphatic rings. The van der Waals surface area contributed by atoms with Crippen LogP contribution in [-0.2, 0) is 16.2 Å². The Kier molecular flexibility index (Phi) is 9.44. The van der Waals surface area contributed by atoms with Crippen LogP contribution in [0.3, 0.4) is 0 Å². The molecular formula is C71H51N. The van der Waals surface area contributed by atoms with Gasteiger partial charge in [-0.3, -0.25) is 0 Å². The van der Waals surface area contributed by atoms with E-state index in [1.165, 1.54) is 94.6 Å². The maximum atomic E-state index is 2.54. The van der Waals surface area contributed by atoms with E-state index in [0.717, 1.165) is 22.6 Å². The quantitative estimate of drug-likeness (QED) is 0.147. The maximum absolute atomic E-state index is 2.54. The molecule has 11 aromatic rings. The first-order valence-electron chi connectivity index (χ1n) is 25.3. The van der Waals surface area contributed by atoms with Gasteiger partial charge in [-0.25, -0.2) is 0 Å². The molecule has 0 atom stereocenters. The fourth-order valence-electron chi connectivity index (χ4n) is 13.4. The largest absolute Gasteiger partial charge is 0.310 e. The average molecular weight is 918 g/mol. The van der Waals surface area contributed by atoms with Crippen molar-refractivity contribution in [2.24, 2.45) is 0 Å². The summed E-state index contributed by atoms with van der Waals surface area (Å²) in [7, 11) is 0. The summed E-state index contributed by atoms with van der Waals surface area (Å²) in [6, 6.07) is 102. The molecule has 0 amide bonds. The van der Waals surface area contributed by atoms with Gasteiger partial charge in [0, 0.05) is 22.4 Å². The van der Waals surface area contributed by atoms with Crippen molar-refractivity contribution in [1.82, 2.24) is 0 Å². The minimum Gasteiger partial charge on any atom is -0.310 e. The first-order chi connectivity index (χ1) is 35.5. The zero-order chi connectivity index (χ0) is 48.0. The molecule has 0 saturated carbocycles. The van der Waals surface area contributed by atoms with E-state index in [0.29, 0.717) is 0 Å². The van der Waals surface area contributed by atoms with Crippen molar-refractivity contribution in [3.63, 3.8) is 0 Å². The molecule has 0 spiro atoms. The van der Waals surface area contributed by atoms with Crippen LogP contribution in [0, 0.1) is 0 Å². The van der Waals surface area contributed by atoms with Gasteiger partial charge in [-0.1, -0.05) is 257 Å². The molecule has 11 aromatic carbocycles. The van der Waals surface area contributed by atoms with Gasteiger partial charge in [0.05, 0.1) is 16.5 Å². The van der Waals surface area contributed by atoms with Gasteiger partial charge in [0.15, 0.2) is 0 Å². The molecule has 3 aliphatic carbocycles. The maximum Gasteiger partial charge on any atom is 0.0714 e. The topological polar surface area (TPSA) is 3.24 Å². The van der Waals surface area contributed by atoms with Crippen LogP contribution >= 0.6 is 0 Å². The molecule has 0 fully saturated rings. The number of anilines is 3. The Bertz CT molecular complexity index is 3800. The zero-order valence-electron chi connectivity index (χ0n) is 40.4. The Labute approximate surface area is 423 Å². The van der Waals surface area contributed by atoms with Gasteiger partial charge in [0.2, 0.25) is 0 Å². The third kappa shape index (κ3) is 5.89. The fraction of sp³-hybridized carbons (Fsp3) is 0.0704. The van der Waals surface area contributed by atoms with Gasteiger partial charge >= 0.3 is 0 Å². The van der Waals surface area contributed by atoms with E-state index in [-0.39, 0.29) is 5.41 Å². The van der Waals surface area contributed by atoms with Crippen molar-refractivity contribution in [3.05, 3.63) is 329 Å². The van der Waals surface area contributed by atoms with Crippen molar-refractivity contribution >= 4 is 17.1 Å². The summed E-state index contributed by atoms with van der Waals surface area (Å²) in [5.74, 6) is 0. The smallest absolute Gasteiger partial charge is 0.0714 e. The molecule has 72 heavy (non-hydrogen) atoms. The minimum atomic E-state index is -0.529. The van der Waals surface area contributed by atoms with Crippen LogP contribution in [0.5, 0.6) is 0 Å². The number of nitrogens with zero attached hydrogens (tertiary/aromatic N) is 1. The highest BCUT2D eigenvalue weighted by molar-refractivity contribution is 5.98. The second kappa shape index (κ2) is 16.1. The first kappa shape index (κ1) is 42.1. The Balaban J connectivity index is 0.970. The first-order valence-corrected chi connectivity index (χ1v) is 25.3. The van der Waals surface area contributed by atoms with E-state index in [2.05, 4.69) is 292 Å². The molecule has 0 heterocycles. The summed E-state index contributed by atoms with van der Waals surface area (Å²) in [5, 5.41) is 0. The molecule has 0 aliphatic heterocycles. The van der Waals surface area contributed by atoms with Crippen molar-refractivity contribution in [1.29, 1.82) is 0 Å². The summed E-state index contributed by atoms with van der Waals surface area (Å²) in [6.07, 6.45) is 0. The summed E-state index contributed by atoms with van der Waals surface area (Å²) in [4.78, 5) is 2.54. The van der Waals surface area contributed by atoms with Crippen LogP contribution in [0.1, 0.15) is 69.5 Å². The zero-order valence-corrected chi connectivity index (χ0v) is 40.4. The Morgan fingerprint density at radius 1 is 0.264 bits per heavy atom. The van der Waals surface area contributed by atoms with Crippen molar-refractivity contribution in [3.8, 4) is 44.5 Å². The van der Waals surface area contributed by atoms with Crippen LogP contribution in [-0.4, -0.2) is 0 Å². The molecule has 1 heteroatoms. The molecule has 0 radical (unpaired) electrons. The molecule has 1 nitrogen and oxygen atoms in total.